The zero-order chi connectivity index (χ0) is 22.6. The predicted molar refractivity (Wildman–Crippen MR) is 124 cm³/mol. The molecule has 0 aliphatic heterocycles. The maximum Gasteiger partial charge on any atom is 0.181 e. The van der Waals surface area contributed by atoms with Gasteiger partial charge in [0.1, 0.15) is 0 Å². The molecule has 0 aromatic heterocycles. The fraction of sp³-hybridized carbons (Fsp3) is 1.00. The van der Waals surface area contributed by atoms with Gasteiger partial charge in [0.25, 0.3) is 0 Å². The Morgan fingerprint density at radius 3 is 1.21 bits per heavy atom. The Bertz CT molecular complexity index is 411. The lowest BCUT2D eigenvalue weighted by Gasteiger charge is -2.52. The number of nitrogens with one attached hydrogen (secondary N) is 1. The molecule has 4 unspecified atom stereocenters. The molecule has 0 saturated carbocycles. The number of unbranched alkanes of at least 4 members (excludes halogenated alkanes) is 4. The minimum absolute atomic E-state index is 0.585. The zero-order valence-electron chi connectivity index (χ0n) is 20.6. The van der Waals surface area contributed by atoms with E-state index in [1.807, 2.05) is 13.8 Å². The van der Waals surface area contributed by atoms with E-state index in [9.17, 15) is 0 Å². The molecule has 0 aliphatic carbocycles. The van der Waals surface area contributed by atoms with Crippen LogP contribution >= 0.6 is 0 Å². The molecule has 0 rings (SSSR count). The first-order valence-electron chi connectivity index (χ1n) is 10.8. The highest BCUT2D eigenvalue weighted by Crippen LogP contribution is 2.33. The fourth-order valence-corrected chi connectivity index (χ4v) is 4.24. The van der Waals surface area contributed by atoms with Crippen LogP contribution in [0.2, 0.25) is 0 Å². The second kappa shape index (κ2) is 13.5. The van der Waals surface area contributed by atoms with E-state index in [1.165, 1.54) is 0 Å². The second-order valence-electron chi connectivity index (χ2n) is 8.01. The summed E-state index contributed by atoms with van der Waals surface area (Å²) in [5, 5.41) is 3.50. The number of ether oxygens (including phenoxy) is 6. The third kappa shape index (κ3) is 7.66. The van der Waals surface area contributed by atoms with Gasteiger partial charge < -0.3 is 28.4 Å². The van der Waals surface area contributed by atoms with E-state index in [0.717, 1.165) is 38.5 Å². The molecule has 0 amide bonds. The van der Waals surface area contributed by atoms with Gasteiger partial charge in [-0.15, -0.1) is 0 Å². The van der Waals surface area contributed by atoms with Gasteiger partial charge in [-0.3, -0.25) is 5.32 Å². The molecule has 0 spiro atoms. The average Bonchev–Trinajstić information content (AvgIpc) is 2.73. The van der Waals surface area contributed by atoms with Crippen molar-refractivity contribution in [1.82, 2.24) is 5.32 Å². The molecule has 7 nitrogen and oxygen atoms in total. The fourth-order valence-electron chi connectivity index (χ4n) is 3.18. The maximum absolute atomic E-state index is 6.21. The van der Waals surface area contributed by atoms with Crippen molar-refractivity contribution in [2.24, 2.45) is 0 Å². The van der Waals surface area contributed by atoms with Crippen LogP contribution in [0.25, 0.3) is 0 Å². The van der Waals surface area contributed by atoms with Gasteiger partial charge in [-0.1, -0.05) is 39.5 Å². The zero-order valence-corrected chi connectivity index (χ0v) is 24.6. The molecular weight excluding hydrogens is 406 g/mol. The number of hydrogen-bond acceptors (Lipinski definition) is 7. The average molecular weight is 454 g/mol. The molecule has 9 heteroatoms. The topological polar surface area (TPSA) is 67.4 Å². The number of rotatable bonds is 18. The van der Waals surface area contributed by atoms with Crippen molar-refractivity contribution >= 4 is 20.5 Å². The molecule has 0 saturated heterocycles. The first kappa shape index (κ1) is 29.2. The minimum Gasteiger partial charge on any atom is -0.359 e. The molecule has 1 N–H and O–H groups in total. The Balaban J connectivity index is 5.59. The summed E-state index contributed by atoms with van der Waals surface area (Å²) < 4.78 is 36.0. The summed E-state index contributed by atoms with van der Waals surface area (Å²) in [7, 11) is 7.77. The predicted octanol–water partition coefficient (Wildman–Crippen LogP) is 1.05. The summed E-state index contributed by atoms with van der Waals surface area (Å²) >= 11 is 0. The Hall–Kier alpha value is 0.154. The molecule has 0 aromatic rings. The van der Waals surface area contributed by atoms with Gasteiger partial charge in [-0.05, 0) is 26.7 Å². The first-order chi connectivity index (χ1) is 13.6. The Kier molecular flexibility index (Phi) is 13.6. The lowest BCUT2D eigenvalue weighted by molar-refractivity contribution is -0.327. The van der Waals surface area contributed by atoms with Gasteiger partial charge in [0.2, 0.25) is 0 Å². The quantitative estimate of drug-likeness (QED) is 0.189. The monoisotopic (exact) mass is 453 g/mol. The highest BCUT2D eigenvalue weighted by molar-refractivity contribution is 6.15. The molecule has 176 valence electrons. The summed E-state index contributed by atoms with van der Waals surface area (Å²) in [5.41, 5.74) is -3.75. The standard InChI is InChI=1S/C20H47NO6Si2/c1-9-11-13-15-26-19(28,24-7)17(3,22-5)21-18(4,23-6)20(29,25-8)27-16-14-12-10-2/h21H,9-16H2,1-8,28-29H3. The normalized spacial score (nSPS) is 20.7. The van der Waals surface area contributed by atoms with E-state index in [4.69, 9.17) is 28.4 Å². The van der Waals surface area contributed by atoms with Crippen LogP contribution in [-0.4, -0.2) is 84.4 Å². The van der Waals surface area contributed by atoms with Crippen LogP contribution in [0.5, 0.6) is 0 Å². The Morgan fingerprint density at radius 1 is 0.621 bits per heavy atom. The molecule has 4 atom stereocenters. The smallest absolute Gasteiger partial charge is 0.181 e. The summed E-state index contributed by atoms with van der Waals surface area (Å²) in [6, 6.07) is 0. The van der Waals surface area contributed by atoms with Crippen LogP contribution in [0.3, 0.4) is 0 Å². The van der Waals surface area contributed by atoms with E-state index < -0.39 is 22.3 Å². The van der Waals surface area contributed by atoms with Gasteiger partial charge in [-0.2, -0.15) is 0 Å². The van der Waals surface area contributed by atoms with Gasteiger partial charge in [0.15, 0.2) is 22.3 Å². The molecular formula is C20H47NO6Si2. The van der Waals surface area contributed by atoms with E-state index in [0.29, 0.717) is 33.7 Å². The number of methoxy groups -OCH3 is 4. The van der Waals surface area contributed by atoms with Crippen molar-refractivity contribution in [1.29, 1.82) is 0 Å². The third-order valence-corrected chi connectivity index (χ3v) is 9.36. The molecule has 0 fully saturated rings. The van der Waals surface area contributed by atoms with Crippen LogP contribution in [-0.2, 0) is 28.4 Å². The van der Waals surface area contributed by atoms with E-state index >= 15 is 0 Å². The number of hydrogen-bond donors (Lipinski definition) is 1. The van der Waals surface area contributed by atoms with Crippen LogP contribution in [0.4, 0.5) is 0 Å². The van der Waals surface area contributed by atoms with Gasteiger partial charge in [0, 0.05) is 41.7 Å². The highest BCUT2D eigenvalue weighted by atomic mass is 28.2. The minimum atomic E-state index is -0.966. The van der Waals surface area contributed by atoms with Crippen molar-refractivity contribution in [2.45, 2.75) is 88.5 Å². The molecule has 0 bridgehead atoms. The van der Waals surface area contributed by atoms with Crippen molar-refractivity contribution < 1.29 is 28.4 Å². The first-order valence-corrected chi connectivity index (χ1v) is 12.8. The van der Waals surface area contributed by atoms with Crippen molar-refractivity contribution in [3.05, 3.63) is 0 Å². The molecule has 0 heterocycles. The second-order valence-corrected chi connectivity index (χ2v) is 10.6. The van der Waals surface area contributed by atoms with E-state index in [1.54, 1.807) is 28.4 Å². The Labute approximate surface area is 184 Å². The molecule has 29 heavy (non-hydrogen) atoms. The molecule has 0 radical (unpaired) electrons. The highest BCUT2D eigenvalue weighted by Gasteiger charge is 2.56. The van der Waals surface area contributed by atoms with Crippen LogP contribution in [0.15, 0.2) is 0 Å². The molecule has 0 aromatic carbocycles. The SMILES string of the molecule is CCCCCOC([SiH3])(OC)C(C)(NC(C)(OC)C([SiH3])(OC)OCCCCC)OC. The van der Waals surface area contributed by atoms with E-state index in [2.05, 4.69) is 19.2 Å². The van der Waals surface area contributed by atoms with Crippen molar-refractivity contribution in [3.8, 4) is 0 Å². The Morgan fingerprint density at radius 2 is 0.966 bits per heavy atom. The largest absolute Gasteiger partial charge is 0.359 e. The van der Waals surface area contributed by atoms with Gasteiger partial charge in [-0.25, -0.2) is 0 Å². The van der Waals surface area contributed by atoms with E-state index in [-0.39, 0.29) is 0 Å². The summed E-state index contributed by atoms with van der Waals surface area (Å²) in [6.45, 7) is 9.42. The van der Waals surface area contributed by atoms with Crippen LogP contribution < -0.4 is 5.32 Å². The van der Waals surface area contributed by atoms with Gasteiger partial charge >= 0.3 is 0 Å². The van der Waals surface area contributed by atoms with Crippen molar-refractivity contribution in [2.75, 3.05) is 41.7 Å². The molecule has 0 aliphatic rings. The maximum atomic E-state index is 6.21. The van der Waals surface area contributed by atoms with Crippen LogP contribution in [0, 0.1) is 0 Å². The summed E-state index contributed by atoms with van der Waals surface area (Å²) in [6.07, 6.45) is 6.47. The lowest BCUT2D eigenvalue weighted by atomic mass is 10.1. The lowest BCUT2D eigenvalue weighted by Crippen LogP contribution is -2.76. The van der Waals surface area contributed by atoms with Gasteiger partial charge in [0.05, 0.1) is 20.5 Å². The third-order valence-electron chi connectivity index (χ3n) is 6.06. The summed E-state index contributed by atoms with van der Waals surface area (Å²) in [4.78, 5) is 0. The van der Waals surface area contributed by atoms with Crippen LogP contribution in [0.1, 0.15) is 66.2 Å². The van der Waals surface area contributed by atoms with Crippen molar-refractivity contribution in [3.63, 3.8) is 0 Å². The summed E-state index contributed by atoms with van der Waals surface area (Å²) in [5.74, 6) is 0.